The average molecular weight is 353 g/mol. The van der Waals surface area contributed by atoms with Crippen LogP contribution in [0.3, 0.4) is 0 Å². The molecule has 1 aliphatic heterocycles. The molecule has 0 amide bonds. The number of pyridine rings is 1. The summed E-state index contributed by atoms with van der Waals surface area (Å²) in [6.45, 7) is 8.43. The van der Waals surface area contributed by atoms with Gasteiger partial charge in [-0.2, -0.15) is 5.10 Å². The van der Waals surface area contributed by atoms with Gasteiger partial charge in [-0.15, -0.1) is 0 Å². The summed E-state index contributed by atoms with van der Waals surface area (Å²) in [6, 6.07) is 6.08. The summed E-state index contributed by atoms with van der Waals surface area (Å²) in [5.41, 5.74) is 5.81. The molecule has 0 aliphatic carbocycles. The highest BCUT2D eigenvalue weighted by Crippen LogP contribution is 2.28. The van der Waals surface area contributed by atoms with Gasteiger partial charge in [-0.25, -0.2) is 9.50 Å². The second-order valence-corrected chi connectivity index (χ2v) is 6.27. The SMILES string of the molecule is CCOCc1ccc(-c2c(C)nc3c(N4CCOCC4)ccnn23)cn1. The van der Waals surface area contributed by atoms with Crippen LogP contribution in [0.1, 0.15) is 18.3 Å². The maximum absolute atomic E-state index is 5.47. The molecule has 0 bridgehead atoms. The van der Waals surface area contributed by atoms with Gasteiger partial charge in [0.2, 0.25) is 0 Å². The van der Waals surface area contributed by atoms with Gasteiger partial charge in [0.25, 0.3) is 0 Å². The van der Waals surface area contributed by atoms with E-state index in [-0.39, 0.29) is 0 Å². The molecule has 1 aliphatic rings. The van der Waals surface area contributed by atoms with Gasteiger partial charge in [0.05, 0.1) is 48.8 Å². The Bertz CT molecular complexity index is 885. The van der Waals surface area contributed by atoms with E-state index < -0.39 is 0 Å². The molecule has 136 valence electrons. The number of morpholine rings is 1. The molecule has 7 nitrogen and oxygen atoms in total. The molecule has 0 saturated carbocycles. The first-order chi connectivity index (χ1) is 12.8. The van der Waals surface area contributed by atoms with Gasteiger partial charge in [-0.05, 0) is 32.0 Å². The fourth-order valence-electron chi connectivity index (χ4n) is 3.28. The van der Waals surface area contributed by atoms with E-state index in [2.05, 4.69) is 21.0 Å². The molecule has 4 heterocycles. The zero-order chi connectivity index (χ0) is 17.9. The third-order valence-corrected chi connectivity index (χ3v) is 4.58. The van der Waals surface area contributed by atoms with Crippen LogP contribution in [0.25, 0.3) is 16.9 Å². The molecular weight excluding hydrogens is 330 g/mol. The van der Waals surface area contributed by atoms with Crippen molar-refractivity contribution in [1.29, 1.82) is 0 Å². The van der Waals surface area contributed by atoms with Crippen LogP contribution < -0.4 is 4.90 Å². The highest BCUT2D eigenvalue weighted by molar-refractivity contribution is 5.75. The first-order valence-corrected chi connectivity index (χ1v) is 8.98. The Labute approximate surface area is 152 Å². The van der Waals surface area contributed by atoms with Gasteiger partial charge in [0.1, 0.15) is 0 Å². The number of hydrogen-bond donors (Lipinski definition) is 0. The summed E-state index contributed by atoms with van der Waals surface area (Å²) in [4.78, 5) is 11.6. The van der Waals surface area contributed by atoms with Gasteiger partial charge < -0.3 is 14.4 Å². The van der Waals surface area contributed by atoms with Gasteiger partial charge in [0, 0.05) is 31.5 Å². The number of fused-ring (bicyclic) bond motifs is 1. The summed E-state index contributed by atoms with van der Waals surface area (Å²) in [5.74, 6) is 0. The second kappa shape index (κ2) is 7.39. The maximum atomic E-state index is 5.47. The van der Waals surface area contributed by atoms with E-state index >= 15 is 0 Å². The molecule has 4 rings (SSSR count). The molecule has 0 atom stereocenters. The van der Waals surface area contributed by atoms with Gasteiger partial charge >= 0.3 is 0 Å². The van der Waals surface area contributed by atoms with Crippen molar-refractivity contribution in [3.05, 3.63) is 42.0 Å². The third kappa shape index (κ3) is 3.15. The number of ether oxygens (including phenoxy) is 2. The van der Waals surface area contributed by atoms with Crippen LogP contribution in [0, 0.1) is 6.92 Å². The predicted octanol–water partition coefficient (Wildman–Crippen LogP) is 2.47. The Balaban J connectivity index is 1.72. The van der Waals surface area contributed by atoms with Crippen LogP contribution in [0.15, 0.2) is 30.6 Å². The van der Waals surface area contributed by atoms with Crippen molar-refractivity contribution in [2.45, 2.75) is 20.5 Å². The van der Waals surface area contributed by atoms with Crippen molar-refractivity contribution < 1.29 is 9.47 Å². The number of rotatable bonds is 5. The monoisotopic (exact) mass is 353 g/mol. The highest BCUT2D eigenvalue weighted by atomic mass is 16.5. The number of nitrogens with zero attached hydrogens (tertiary/aromatic N) is 5. The van der Waals surface area contributed by atoms with Crippen LogP contribution >= 0.6 is 0 Å². The van der Waals surface area contributed by atoms with Crippen LogP contribution in [0.5, 0.6) is 0 Å². The molecule has 3 aromatic rings. The van der Waals surface area contributed by atoms with Crippen molar-refractivity contribution >= 4 is 11.3 Å². The molecule has 0 aromatic carbocycles. The average Bonchev–Trinajstić information content (AvgIpc) is 3.03. The fraction of sp³-hybridized carbons (Fsp3) is 0.421. The zero-order valence-corrected chi connectivity index (χ0v) is 15.2. The molecule has 3 aromatic heterocycles. The lowest BCUT2D eigenvalue weighted by Gasteiger charge is -2.28. The van der Waals surface area contributed by atoms with E-state index in [9.17, 15) is 0 Å². The van der Waals surface area contributed by atoms with E-state index in [0.717, 1.165) is 60.3 Å². The normalized spacial score (nSPS) is 14.9. The van der Waals surface area contributed by atoms with Crippen LogP contribution in [-0.2, 0) is 16.1 Å². The number of hydrogen-bond acceptors (Lipinski definition) is 6. The lowest BCUT2D eigenvalue weighted by molar-refractivity contribution is 0.123. The second-order valence-electron chi connectivity index (χ2n) is 6.27. The van der Waals surface area contributed by atoms with Crippen molar-refractivity contribution in [2.75, 3.05) is 37.8 Å². The quantitative estimate of drug-likeness (QED) is 0.702. The predicted molar refractivity (Wildman–Crippen MR) is 99.3 cm³/mol. The standard InChI is InChI=1S/C19H23N5O2/c1-3-25-13-16-5-4-15(12-20-16)18-14(2)22-19-17(6-7-21-24(18)19)23-8-10-26-11-9-23/h4-7,12H,3,8-11,13H2,1-2H3. The number of anilines is 1. The molecule has 1 fully saturated rings. The lowest BCUT2D eigenvalue weighted by atomic mass is 10.1. The molecular formula is C19H23N5O2. The van der Waals surface area contributed by atoms with E-state index in [1.54, 1.807) is 0 Å². The fourth-order valence-corrected chi connectivity index (χ4v) is 3.28. The number of aromatic nitrogens is 4. The Morgan fingerprint density at radius 3 is 2.77 bits per heavy atom. The van der Waals surface area contributed by atoms with Crippen molar-refractivity contribution in [3.8, 4) is 11.3 Å². The first-order valence-electron chi connectivity index (χ1n) is 8.98. The maximum Gasteiger partial charge on any atom is 0.178 e. The van der Waals surface area contributed by atoms with Crippen molar-refractivity contribution in [2.24, 2.45) is 0 Å². The first kappa shape index (κ1) is 16.9. The van der Waals surface area contributed by atoms with Gasteiger partial charge in [-0.1, -0.05) is 0 Å². The zero-order valence-electron chi connectivity index (χ0n) is 15.2. The highest BCUT2D eigenvalue weighted by Gasteiger charge is 2.19. The number of imidazole rings is 1. The van der Waals surface area contributed by atoms with Gasteiger partial charge in [-0.3, -0.25) is 4.98 Å². The van der Waals surface area contributed by atoms with E-state index in [0.29, 0.717) is 13.2 Å². The van der Waals surface area contributed by atoms with E-state index in [1.165, 1.54) is 0 Å². The largest absolute Gasteiger partial charge is 0.378 e. The summed E-state index contributed by atoms with van der Waals surface area (Å²) in [7, 11) is 0. The molecule has 0 N–H and O–H groups in total. The Hall–Kier alpha value is -2.51. The minimum atomic E-state index is 0.530. The molecule has 26 heavy (non-hydrogen) atoms. The number of aryl methyl sites for hydroxylation is 1. The van der Waals surface area contributed by atoms with Gasteiger partial charge in [0.15, 0.2) is 5.65 Å². The Kier molecular flexibility index (Phi) is 4.81. The smallest absolute Gasteiger partial charge is 0.178 e. The molecule has 0 unspecified atom stereocenters. The third-order valence-electron chi connectivity index (χ3n) is 4.58. The molecule has 1 saturated heterocycles. The minimum Gasteiger partial charge on any atom is -0.378 e. The van der Waals surface area contributed by atoms with Crippen molar-refractivity contribution in [3.63, 3.8) is 0 Å². The van der Waals surface area contributed by atoms with Crippen LogP contribution in [0.4, 0.5) is 5.69 Å². The molecule has 0 spiro atoms. The molecule has 0 radical (unpaired) electrons. The Morgan fingerprint density at radius 2 is 2.04 bits per heavy atom. The lowest BCUT2D eigenvalue weighted by Crippen LogP contribution is -2.36. The summed E-state index contributed by atoms with van der Waals surface area (Å²) >= 11 is 0. The van der Waals surface area contributed by atoms with E-state index in [4.69, 9.17) is 14.5 Å². The van der Waals surface area contributed by atoms with Crippen LogP contribution in [0.2, 0.25) is 0 Å². The summed E-state index contributed by atoms with van der Waals surface area (Å²) in [6.07, 6.45) is 3.70. The van der Waals surface area contributed by atoms with Crippen LogP contribution in [-0.4, -0.2) is 52.5 Å². The molecule has 7 heteroatoms. The minimum absolute atomic E-state index is 0.530. The Morgan fingerprint density at radius 1 is 1.19 bits per heavy atom. The summed E-state index contributed by atoms with van der Waals surface area (Å²) in [5, 5.41) is 4.55. The summed E-state index contributed by atoms with van der Waals surface area (Å²) < 4.78 is 12.8. The van der Waals surface area contributed by atoms with E-state index in [1.807, 2.05) is 42.9 Å². The van der Waals surface area contributed by atoms with Crippen molar-refractivity contribution in [1.82, 2.24) is 19.6 Å². The topological polar surface area (TPSA) is 64.8 Å².